The van der Waals surface area contributed by atoms with E-state index in [1.165, 1.54) is 5.56 Å². The lowest BCUT2D eigenvalue weighted by Crippen LogP contribution is -2.37. The van der Waals surface area contributed by atoms with Crippen molar-refractivity contribution < 1.29 is 9.53 Å². The molecule has 3 heteroatoms. The van der Waals surface area contributed by atoms with Crippen LogP contribution in [-0.2, 0) is 4.79 Å². The van der Waals surface area contributed by atoms with Crippen LogP contribution in [0.2, 0.25) is 0 Å². The molecule has 0 aliphatic heterocycles. The van der Waals surface area contributed by atoms with Gasteiger partial charge in [-0.25, -0.2) is 0 Å². The number of nitrogens with one attached hydrogen (secondary N) is 1. The normalized spacial score (nSPS) is 13.4. The number of benzene rings is 2. The third kappa shape index (κ3) is 4.60. The van der Waals surface area contributed by atoms with Gasteiger partial charge < -0.3 is 10.1 Å². The molecule has 1 amide bonds. The molecule has 0 radical (unpaired) electrons. The highest BCUT2D eigenvalue weighted by Gasteiger charge is 2.19. The van der Waals surface area contributed by atoms with Gasteiger partial charge in [-0.15, -0.1) is 0 Å². The van der Waals surface area contributed by atoms with E-state index in [0.717, 1.165) is 16.9 Å². The summed E-state index contributed by atoms with van der Waals surface area (Å²) in [5, 5.41) is 3.02. The zero-order chi connectivity index (χ0) is 17.7. The van der Waals surface area contributed by atoms with E-state index < -0.39 is 6.10 Å². The molecule has 0 bridgehead atoms. The number of hydrogen-bond donors (Lipinski definition) is 1. The molecule has 2 aromatic rings. The number of para-hydroxylation sites is 1. The maximum atomic E-state index is 12.4. The Kier molecular flexibility index (Phi) is 6.02. The Labute approximate surface area is 145 Å². The highest BCUT2D eigenvalue weighted by Crippen LogP contribution is 2.26. The van der Waals surface area contributed by atoms with Crippen molar-refractivity contribution in [3.63, 3.8) is 0 Å². The zero-order valence-corrected chi connectivity index (χ0v) is 15.2. The minimum absolute atomic E-state index is 0.0514. The van der Waals surface area contributed by atoms with Gasteiger partial charge in [0.15, 0.2) is 6.10 Å². The van der Waals surface area contributed by atoms with Gasteiger partial charge in [0, 0.05) is 0 Å². The van der Waals surface area contributed by atoms with Gasteiger partial charge >= 0.3 is 0 Å². The molecule has 0 aromatic heterocycles. The van der Waals surface area contributed by atoms with Gasteiger partial charge in [0.25, 0.3) is 5.91 Å². The second kappa shape index (κ2) is 8.00. The van der Waals surface area contributed by atoms with Crippen LogP contribution in [0.25, 0.3) is 0 Å². The molecule has 24 heavy (non-hydrogen) atoms. The van der Waals surface area contributed by atoms with Crippen LogP contribution in [0.1, 0.15) is 56.3 Å². The summed E-state index contributed by atoms with van der Waals surface area (Å²) in [6, 6.07) is 16.0. The second-order valence-corrected chi connectivity index (χ2v) is 6.59. The lowest BCUT2D eigenvalue weighted by atomic mass is 10.0. The summed E-state index contributed by atoms with van der Waals surface area (Å²) < 4.78 is 5.91. The lowest BCUT2D eigenvalue weighted by Gasteiger charge is -2.21. The number of carbonyl (C=O) groups excluding carboxylic acids is 1. The molecule has 2 aromatic carbocycles. The summed E-state index contributed by atoms with van der Waals surface area (Å²) in [6.07, 6.45) is -0.544. The van der Waals surface area contributed by atoms with E-state index in [2.05, 4.69) is 38.2 Å². The Morgan fingerprint density at radius 1 is 0.958 bits per heavy atom. The first-order valence-corrected chi connectivity index (χ1v) is 8.51. The summed E-state index contributed by atoms with van der Waals surface area (Å²) in [5.41, 5.74) is 3.41. The largest absolute Gasteiger partial charge is 0.481 e. The molecular formula is C21H27NO2. The van der Waals surface area contributed by atoms with Crippen LogP contribution in [0.4, 0.5) is 0 Å². The van der Waals surface area contributed by atoms with Gasteiger partial charge in [0.2, 0.25) is 0 Å². The van der Waals surface area contributed by atoms with E-state index in [9.17, 15) is 4.79 Å². The van der Waals surface area contributed by atoms with Crippen molar-refractivity contribution in [3.8, 4) is 5.75 Å². The number of hydrogen-bond acceptors (Lipinski definition) is 2. The summed E-state index contributed by atoms with van der Waals surface area (Å²) in [7, 11) is 0. The predicted molar refractivity (Wildman–Crippen MR) is 98.4 cm³/mol. The summed E-state index contributed by atoms with van der Waals surface area (Å²) in [4.78, 5) is 12.4. The first-order valence-electron chi connectivity index (χ1n) is 8.51. The average molecular weight is 325 g/mol. The van der Waals surface area contributed by atoms with Crippen molar-refractivity contribution in [1.29, 1.82) is 0 Å². The zero-order valence-electron chi connectivity index (χ0n) is 15.2. The maximum Gasteiger partial charge on any atom is 0.261 e. The standard InChI is InChI=1S/C21H27NO2/c1-14(2)19-8-6-7-9-20(19)24-17(5)21(23)22-16(4)18-12-10-15(3)11-13-18/h6-14,16-17H,1-5H3,(H,22,23)/t16-,17-/m0/s1. The fourth-order valence-electron chi connectivity index (χ4n) is 2.58. The molecule has 2 atom stereocenters. The molecule has 0 heterocycles. The lowest BCUT2D eigenvalue weighted by molar-refractivity contribution is -0.127. The fraction of sp³-hybridized carbons (Fsp3) is 0.381. The topological polar surface area (TPSA) is 38.3 Å². The summed E-state index contributed by atoms with van der Waals surface area (Å²) in [6.45, 7) is 10.1. The fourth-order valence-corrected chi connectivity index (χ4v) is 2.58. The highest BCUT2D eigenvalue weighted by atomic mass is 16.5. The third-order valence-corrected chi connectivity index (χ3v) is 4.15. The third-order valence-electron chi connectivity index (χ3n) is 4.15. The van der Waals surface area contributed by atoms with E-state index in [1.54, 1.807) is 6.92 Å². The SMILES string of the molecule is Cc1ccc([C@H](C)NC(=O)[C@H](C)Oc2ccccc2C(C)C)cc1. The van der Waals surface area contributed by atoms with Crippen LogP contribution in [0, 0.1) is 6.92 Å². The predicted octanol–water partition coefficient (Wildman–Crippen LogP) is 4.76. The van der Waals surface area contributed by atoms with Crippen LogP contribution in [-0.4, -0.2) is 12.0 Å². The molecule has 0 saturated carbocycles. The van der Waals surface area contributed by atoms with E-state index >= 15 is 0 Å². The van der Waals surface area contributed by atoms with Crippen LogP contribution < -0.4 is 10.1 Å². The van der Waals surface area contributed by atoms with Gasteiger partial charge in [0.1, 0.15) is 5.75 Å². The molecule has 0 unspecified atom stereocenters. The van der Waals surface area contributed by atoms with Crippen LogP contribution in [0.15, 0.2) is 48.5 Å². The van der Waals surface area contributed by atoms with Crippen LogP contribution >= 0.6 is 0 Å². The molecule has 3 nitrogen and oxygen atoms in total. The van der Waals surface area contributed by atoms with Gasteiger partial charge in [0.05, 0.1) is 6.04 Å². The van der Waals surface area contributed by atoms with Gasteiger partial charge in [-0.1, -0.05) is 61.9 Å². The first-order chi connectivity index (χ1) is 11.4. The Hall–Kier alpha value is -2.29. The number of rotatable bonds is 6. The summed E-state index contributed by atoms with van der Waals surface area (Å²) in [5.74, 6) is 1.02. The average Bonchev–Trinajstić information content (AvgIpc) is 2.55. The smallest absolute Gasteiger partial charge is 0.261 e. The number of aryl methyl sites for hydroxylation is 1. The Morgan fingerprint density at radius 3 is 2.21 bits per heavy atom. The van der Waals surface area contributed by atoms with Crippen LogP contribution in [0.3, 0.4) is 0 Å². The molecular weight excluding hydrogens is 298 g/mol. The molecule has 1 N–H and O–H groups in total. The first kappa shape index (κ1) is 18.1. The number of amides is 1. The molecule has 0 aliphatic carbocycles. The Bertz CT molecular complexity index is 676. The monoisotopic (exact) mass is 325 g/mol. The second-order valence-electron chi connectivity index (χ2n) is 6.59. The van der Waals surface area contributed by atoms with E-state index in [1.807, 2.05) is 43.3 Å². The number of carbonyl (C=O) groups is 1. The Morgan fingerprint density at radius 2 is 1.58 bits per heavy atom. The molecule has 2 rings (SSSR count). The minimum atomic E-state index is -0.544. The van der Waals surface area contributed by atoms with Crippen LogP contribution in [0.5, 0.6) is 5.75 Å². The van der Waals surface area contributed by atoms with E-state index in [4.69, 9.17) is 4.74 Å². The van der Waals surface area contributed by atoms with Gasteiger partial charge in [-0.05, 0) is 43.9 Å². The minimum Gasteiger partial charge on any atom is -0.481 e. The van der Waals surface area contributed by atoms with E-state index in [0.29, 0.717) is 5.92 Å². The van der Waals surface area contributed by atoms with Crippen molar-refractivity contribution in [2.75, 3.05) is 0 Å². The van der Waals surface area contributed by atoms with Gasteiger partial charge in [-0.3, -0.25) is 4.79 Å². The molecule has 128 valence electrons. The molecule has 0 aliphatic rings. The number of ether oxygens (including phenoxy) is 1. The van der Waals surface area contributed by atoms with E-state index in [-0.39, 0.29) is 11.9 Å². The molecule has 0 spiro atoms. The van der Waals surface area contributed by atoms with Crippen molar-refractivity contribution in [1.82, 2.24) is 5.32 Å². The van der Waals surface area contributed by atoms with Crippen molar-refractivity contribution in [3.05, 3.63) is 65.2 Å². The van der Waals surface area contributed by atoms with Gasteiger partial charge in [-0.2, -0.15) is 0 Å². The molecule has 0 saturated heterocycles. The highest BCUT2D eigenvalue weighted by molar-refractivity contribution is 5.81. The molecule has 0 fully saturated rings. The van der Waals surface area contributed by atoms with Crippen molar-refractivity contribution in [2.24, 2.45) is 0 Å². The maximum absolute atomic E-state index is 12.4. The van der Waals surface area contributed by atoms with Crippen molar-refractivity contribution in [2.45, 2.75) is 52.7 Å². The quantitative estimate of drug-likeness (QED) is 0.831. The Balaban J connectivity index is 2.01. The summed E-state index contributed by atoms with van der Waals surface area (Å²) >= 11 is 0. The van der Waals surface area contributed by atoms with Crippen molar-refractivity contribution >= 4 is 5.91 Å².